The van der Waals surface area contributed by atoms with Crippen LogP contribution >= 0.6 is 0 Å². The van der Waals surface area contributed by atoms with Gasteiger partial charge in [-0.2, -0.15) is 10.1 Å². The number of aryl methyl sites for hydroxylation is 2. The second-order valence-electron chi connectivity index (χ2n) is 7.15. The fourth-order valence-corrected chi connectivity index (χ4v) is 2.55. The van der Waals surface area contributed by atoms with E-state index in [0.717, 1.165) is 11.3 Å². The summed E-state index contributed by atoms with van der Waals surface area (Å²) in [6.45, 7) is 10.6. The fraction of sp³-hybridized carbons (Fsp3) is 0.368. The van der Waals surface area contributed by atoms with Crippen molar-refractivity contribution in [3.8, 4) is 11.4 Å². The molecule has 2 heterocycles. The Morgan fingerprint density at radius 2 is 2.04 bits per heavy atom. The zero-order valence-corrected chi connectivity index (χ0v) is 15.7. The first kappa shape index (κ1) is 17.8. The largest absolute Gasteiger partial charge is 0.339 e. The van der Waals surface area contributed by atoms with Crippen LogP contribution in [-0.4, -0.2) is 25.8 Å². The van der Waals surface area contributed by atoms with Crippen molar-refractivity contribution in [3.05, 3.63) is 47.6 Å². The van der Waals surface area contributed by atoms with Crippen LogP contribution < -0.4 is 5.32 Å². The number of hydrogen-bond acceptors (Lipinski definition) is 5. The van der Waals surface area contributed by atoms with Gasteiger partial charge >= 0.3 is 0 Å². The number of nitrogens with zero attached hydrogens (tertiary/aromatic N) is 4. The highest BCUT2D eigenvalue weighted by atomic mass is 16.5. The highest BCUT2D eigenvalue weighted by Crippen LogP contribution is 2.23. The molecule has 3 aromatic rings. The molecule has 0 aliphatic heterocycles. The molecule has 0 saturated carbocycles. The number of benzene rings is 1. The van der Waals surface area contributed by atoms with Crippen LogP contribution in [0.1, 0.15) is 49.8 Å². The lowest BCUT2D eigenvalue weighted by atomic mass is 9.92. The summed E-state index contributed by atoms with van der Waals surface area (Å²) in [5.41, 5.74) is 2.75. The summed E-state index contributed by atoms with van der Waals surface area (Å²) < 4.78 is 6.74. The first-order chi connectivity index (χ1) is 12.3. The summed E-state index contributed by atoms with van der Waals surface area (Å²) in [4.78, 5) is 17.0. The molecule has 3 rings (SSSR count). The van der Waals surface area contributed by atoms with Crippen LogP contribution in [-0.2, 0) is 12.0 Å². The van der Waals surface area contributed by atoms with Crippen molar-refractivity contribution in [1.29, 1.82) is 0 Å². The van der Waals surface area contributed by atoms with Gasteiger partial charge in [0.2, 0.25) is 11.7 Å². The highest BCUT2D eigenvalue weighted by molar-refractivity contribution is 6.03. The first-order valence-corrected chi connectivity index (χ1v) is 8.58. The summed E-state index contributed by atoms with van der Waals surface area (Å²) in [7, 11) is 0. The van der Waals surface area contributed by atoms with Crippen LogP contribution in [0.4, 0.5) is 5.69 Å². The number of aromatic nitrogens is 4. The molecule has 0 unspecified atom stereocenters. The lowest BCUT2D eigenvalue weighted by Gasteiger charge is -2.13. The number of amides is 1. The van der Waals surface area contributed by atoms with Gasteiger partial charge in [-0.05, 0) is 25.1 Å². The van der Waals surface area contributed by atoms with Crippen LogP contribution in [0.3, 0.4) is 0 Å². The Bertz CT molecular complexity index is 934. The number of carbonyl (C=O) groups is 1. The van der Waals surface area contributed by atoms with Gasteiger partial charge in [0.15, 0.2) is 0 Å². The molecule has 0 radical (unpaired) electrons. The van der Waals surface area contributed by atoms with Gasteiger partial charge in [0.25, 0.3) is 5.91 Å². The SMILES string of the molecule is CCn1nc(C(C)(C)C)cc1C(=O)Nc1cccc(-c2noc(C)n2)c1. The molecule has 0 bridgehead atoms. The van der Waals surface area contributed by atoms with E-state index in [-0.39, 0.29) is 11.3 Å². The summed E-state index contributed by atoms with van der Waals surface area (Å²) >= 11 is 0. The molecule has 1 aromatic carbocycles. The second kappa shape index (κ2) is 6.74. The van der Waals surface area contributed by atoms with Gasteiger partial charge in [-0.3, -0.25) is 9.48 Å². The zero-order chi connectivity index (χ0) is 18.9. The standard InChI is InChI=1S/C19H23N5O2/c1-6-24-15(11-16(22-24)19(3,4)5)18(25)21-14-9-7-8-13(10-14)17-20-12(2)26-23-17/h7-11H,6H2,1-5H3,(H,21,25). The molecule has 1 amide bonds. The molecule has 7 nitrogen and oxygen atoms in total. The van der Waals surface area contributed by atoms with E-state index in [4.69, 9.17) is 4.52 Å². The molecule has 1 N–H and O–H groups in total. The lowest BCUT2D eigenvalue weighted by Crippen LogP contribution is -2.17. The van der Waals surface area contributed by atoms with E-state index in [2.05, 4.69) is 41.3 Å². The molecule has 26 heavy (non-hydrogen) atoms. The Hall–Kier alpha value is -2.96. The van der Waals surface area contributed by atoms with Crippen molar-refractivity contribution in [2.45, 2.75) is 46.6 Å². The number of rotatable bonds is 4. The normalized spacial score (nSPS) is 11.6. The van der Waals surface area contributed by atoms with Gasteiger partial charge in [0, 0.05) is 30.1 Å². The van der Waals surface area contributed by atoms with E-state index in [1.54, 1.807) is 11.6 Å². The van der Waals surface area contributed by atoms with Crippen molar-refractivity contribution < 1.29 is 9.32 Å². The predicted octanol–water partition coefficient (Wildman–Crippen LogP) is 3.81. The van der Waals surface area contributed by atoms with Crippen molar-refractivity contribution in [3.63, 3.8) is 0 Å². The van der Waals surface area contributed by atoms with Crippen LogP contribution in [0.5, 0.6) is 0 Å². The third kappa shape index (κ3) is 3.66. The number of hydrogen-bond donors (Lipinski definition) is 1. The van der Waals surface area contributed by atoms with E-state index in [9.17, 15) is 4.79 Å². The average Bonchev–Trinajstić information content (AvgIpc) is 3.21. The molecular formula is C19H23N5O2. The summed E-state index contributed by atoms with van der Waals surface area (Å²) in [6.07, 6.45) is 0. The van der Waals surface area contributed by atoms with Crippen LogP contribution in [0, 0.1) is 6.92 Å². The average molecular weight is 353 g/mol. The van der Waals surface area contributed by atoms with Gasteiger partial charge in [0.05, 0.1) is 5.69 Å². The van der Waals surface area contributed by atoms with Crippen molar-refractivity contribution >= 4 is 11.6 Å². The summed E-state index contributed by atoms with van der Waals surface area (Å²) in [5.74, 6) is 0.791. The van der Waals surface area contributed by atoms with Gasteiger partial charge in [0.1, 0.15) is 5.69 Å². The van der Waals surface area contributed by atoms with Crippen molar-refractivity contribution in [2.24, 2.45) is 0 Å². The van der Waals surface area contributed by atoms with E-state index in [0.29, 0.717) is 29.6 Å². The molecule has 0 aliphatic rings. The Balaban J connectivity index is 1.86. The van der Waals surface area contributed by atoms with Crippen molar-refractivity contribution in [1.82, 2.24) is 19.9 Å². The molecular weight excluding hydrogens is 330 g/mol. The second-order valence-corrected chi connectivity index (χ2v) is 7.15. The zero-order valence-electron chi connectivity index (χ0n) is 15.7. The maximum atomic E-state index is 12.8. The Labute approximate surface area is 152 Å². The molecule has 0 fully saturated rings. The van der Waals surface area contributed by atoms with Crippen LogP contribution in [0.2, 0.25) is 0 Å². The lowest BCUT2D eigenvalue weighted by molar-refractivity contribution is 0.101. The fourth-order valence-electron chi connectivity index (χ4n) is 2.55. The smallest absolute Gasteiger partial charge is 0.273 e. The Kier molecular flexibility index (Phi) is 4.63. The van der Waals surface area contributed by atoms with E-state index >= 15 is 0 Å². The molecule has 136 valence electrons. The minimum Gasteiger partial charge on any atom is -0.339 e. The quantitative estimate of drug-likeness (QED) is 0.771. The maximum Gasteiger partial charge on any atom is 0.273 e. The Morgan fingerprint density at radius 1 is 1.27 bits per heavy atom. The topological polar surface area (TPSA) is 85.8 Å². The van der Waals surface area contributed by atoms with Crippen LogP contribution in [0.15, 0.2) is 34.9 Å². The summed E-state index contributed by atoms with van der Waals surface area (Å²) in [5, 5.41) is 11.4. The molecule has 7 heteroatoms. The van der Waals surface area contributed by atoms with E-state index in [1.807, 2.05) is 37.3 Å². The molecule has 2 aromatic heterocycles. The van der Waals surface area contributed by atoms with E-state index in [1.165, 1.54) is 0 Å². The minimum atomic E-state index is -0.198. The number of carbonyl (C=O) groups excluding carboxylic acids is 1. The van der Waals surface area contributed by atoms with Gasteiger partial charge < -0.3 is 9.84 Å². The minimum absolute atomic E-state index is 0.119. The molecule has 0 atom stereocenters. The monoisotopic (exact) mass is 353 g/mol. The van der Waals surface area contributed by atoms with E-state index < -0.39 is 0 Å². The number of anilines is 1. The van der Waals surface area contributed by atoms with Crippen molar-refractivity contribution in [2.75, 3.05) is 5.32 Å². The van der Waals surface area contributed by atoms with Gasteiger partial charge in [-0.15, -0.1) is 0 Å². The van der Waals surface area contributed by atoms with Crippen LogP contribution in [0.25, 0.3) is 11.4 Å². The predicted molar refractivity (Wildman–Crippen MR) is 99.0 cm³/mol. The third-order valence-corrected chi connectivity index (χ3v) is 3.99. The van der Waals surface area contributed by atoms with Gasteiger partial charge in [-0.25, -0.2) is 0 Å². The molecule has 0 saturated heterocycles. The molecule has 0 spiro atoms. The van der Waals surface area contributed by atoms with Gasteiger partial charge in [-0.1, -0.05) is 38.1 Å². The first-order valence-electron chi connectivity index (χ1n) is 8.58. The third-order valence-electron chi connectivity index (χ3n) is 3.99. The highest BCUT2D eigenvalue weighted by Gasteiger charge is 2.22. The Morgan fingerprint density at radius 3 is 2.65 bits per heavy atom. The maximum absolute atomic E-state index is 12.8. The molecule has 0 aliphatic carbocycles. The number of nitrogens with one attached hydrogen (secondary N) is 1. The summed E-state index contributed by atoms with van der Waals surface area (Å²) in [6, 6.07) is 9.21.